The fourth-order valence-electron chi connectivity index (χ4n) is 1.18. The number of hydrogen-bond donors (Lipinski definition) is 1. The normalized spacial score (nSPS) is 11.6. The van der Waals surface area contributed by atoms with Gasteiger partial charge in [0, 0.05) is 0 Å². The van der Waals surface area contributed by atoms with Gasteiger partial charge >= 0.3 is 5.97 Å². The van der Waals surface area contributed by atoms with E-state index in [2.05, 4.69) is 6.58 Å². The number of rotatable bonds is 5. The predicted molar refractivity (Wildman–Crippen MR) is 58.7 cm³/mol. The Morgan fingerprint density at radius 2 is 2.06 bits per heavy atom. The number of ketones is 1. The van der Waals surface area contributed by atoms with Crippen molar-refractivity contribution in [2.24, 2.45) is 0 Å². The van der Waals surface area contributed by atoms with Crippen LogP contribution in [0.5, 0.6) is 5.75 Å². The van der Waals surface area contributed by atoms with E-state index in [4.69, 9.17) is 9.84 Å². The summed E-state index contributed by atoms with van der Waals surface area (Å²) in [7, 11) is 0. The van der Waals surface area contributed by atoms with Gasteiger partial charge in [0.2, 0.25) is 0 Å². The van der Waals surface area contributed by atoms with Crippen LogP contribution in [0.4, 0.5) is 0 Å². The summed E-state index contributed by atoms with van der Waals surface area (Å²) in [6, 6.07) is 6.15. The number of carboxylic acids is 1. The Balaban J connectivity index is 3.00. The first-order valence-corrected chi connectivity index (χ1v) is 4.68. The highest BCUT2D eigenvalue weighted by Crippen LogP contribution is 2.19. The maximum atomic E-state index is 11.1. The summed E-state index contributed by atoms with van der Waals surface area (Å²) in [5.74, 6) is -1.16. The molecule has 0 aliphatic heterocycles. The molecule has 1 atom stereocenters. The van der Waals surface area contributed by atoms with Gasteiger partial charge in [0.15, 0.2) is 11.9 Å². The summed E-state index contributed by atoms with van der Waals surface area (Å²) in [6.45, 7) is 4.82. The Hall–Kier alpha value is -2.10. The zero-order chi connectivity index (χ0) is 12.1. The second kappa shape index (κ2) is 5.11. The standard InChI is InChI=1S/C12H12O4/c1-3-10(8(2)13)16-11-7-5-4-6-9(11)12(14)15/h3-7,10H,1H2,2H3,(H,14,15)/t10-/m0/s1. The lowest BCUT2D eigenvalue weighted by atomic mass is 10.2. The summed E-state index contributed by atoms with van der Waals surface area (Å²) in [5.41, 5.74) is 0.0237. The van der Waals surface area contributed by atoms with Gasteiger partial charge in [-0.1, -0.05) is 18.7 Å². The maximum Gasteiger partial charge on any atom is 0.339 e. The van der Waals surface area contributed by atoms with Crippen LogP contribution in [0.2, 0.25) is 0 Å². The number of hydrogen-bond acceptors (Lipinski definition) is 3. The van der Waals surface area contributed by atoms with Crippen LogP contribution in [0.1, 0.15) is 17.3 Å². The molecule has 84 valence electrons. The molecule has 0 fully saturated rings. The average molecular weight is 220 g/mol. The van der Waals surface area contributed by atoms with Crippen LogP contribution in [0.25, 0.3) is 0 Å². The Labute approximate surface area is 93.2 Å². The summed E-state index contributed by atoms with van der Waals surface area (Å²) in [6.07, 6.45) is 0.515. The van der Waals surface area contributed by atoms with E-state index in [1.807, 2.05) is 0 Å². The number of aromatic carboxylic acids is 1. The first kappa shape index (κ1) is 12.0. The van der Waals surface area contributed by atoms with E-state index in [-0.39, 0.29) is 17.1 Å². The lowest BCUT2D eigenvalue weighted by Crippen LogP contribution is -2.23. The number of carbonyl (C=O) groups is 2. The molecule has 0 saturated heterocycles. The molecule has 0 unspecified atom stereocenters. The van der Waals surface area contributed by atoms with Crippen LogP contribution in [0.3, 0.4) is 0 Å². The minimum atomic E-state index is -1.10. The molecule has 0 bridgehead atoms. The van der Waals surface area contributed by atoms with Crippen LogP contribution in [0, 0.1) is 0 Å². The highest BCUT2D eigenvalue weighted by molar-refractivity contribution is 5.91. The zero-order valence-corrected chi connectivity index (χ0v) is 8.84. The van der Waals surface area contributed by atoms with Crippen LogP contribution in [0.15, 0.2) is 36.9 Å². The van der Waals surface area contributed by atoms with Crippen molar-refractivity contribution in [1.82, 2.24) is 0 Å². The summed E-state index contributed by atoms with van der Waals surface area (Å²) < 4.78 is 5.27. The molecule has 1 aromatic rings. The minimum Gasteiger partial charge on any atom is -0.478 e. The van der Waals surface area contributed by atoms with Gasteiger partial charge in [0.05, 0.1) is 0 Å². The highest BCUT2D eigenvalue weighted by atomic mass is 16.5. The van der Waals surface area contributed by atoms with Gasteiger partial charge in [-0.05, 0) is 25.1 Å². The smallest absolute Gasteiger partial charge is 0.339 e. The van der Waals surface area contributed by atoms with Crippen molar-refractivity contribution < 1.29 is 19.4 Å². The van der Waals surface area contributed by atoms with E-state index in [0.717, 1.165) is 0 Å². The number of ether oxygens (including phenoxy) is 1. The summed E-state index contributed by atoms with van der Waals surface area (Å²) in [4.78, 5) is 22.0. The van der Waals surface area contributed by atoms with Gasteiger partial charge in [0.25, 0.3) is 0 Å². The molecule has 16 heavy (non-hydrogen) atoms. The lowest BCUT2D eigenvalue weighted by molar-refractivity contribution is -0.121. The van der Waals surface area contributed by atoms with E-state index >= 15 is 0 Å². The number of para-hydroxylation sites is 1. The average Bonchev–Trinajstić information content (AvgIpc) is 2.25. The van der Waals surface area contributed by atoms with Crippen molar-refractivity contribution in [3.8, 4) is 5.75 Å². The van der Waals surface area contributed by atoms with Crippen molar-refractivity contribution in [3.05, 3.63) is 42.5 Å². The molecule has 0 radical (unpaired) electrons. The molecule has 0 spiro atoms. The van der Waals surface area contributed by atoms with Crippen LogP contribution < -0.4 is 4.74 Å². The minimum absolute atomic E-state index is 0.0237. The van der Waals surface area contributed by atoms with Gasteiger partial charge in [0.1, 0.15) is 11.3 Å². The van der Waals surface area contributed by atoms with Crippen LogP contribution in [-0.4, -0.2) is 23.0 Å². The lowest BCUT2D eigenvalue weighted by Gasteiger charge is -2.13. The molecule has 0 aliphatic rings. The Morgan fingerprint density at radius 3 is 2.56 bits per heavy atom. The van der Waals surface area contributed by atoms with E-state index in [0.29, 0.717) is 0 Å². The Kier molecular flexibility index (Phi) is 3.83. The monoisotopic (exact) mass is 220 g/mol. The second-order valence-electron chi connectivity index (χ2n) is 3.19. The number of Topliss-reactive ketones (excluding diaryl/α,β-unsaturated/α-hetero) is 1. The second-order valence-corrected chi connectivity index (χ2v) is 3.19. The molecule has 0 heterocycles. The molecule has 1 rings (SSSR count). The molecule has 0 saturated carbocycles. The number of benzene rings is 1. The van der Waals surface area contributed by atoms with E-state index in [9.17, 15) is 9.59 Å². The maximum absolute atomic E-state index is 11.1. The van der Waals surface area contributed by atoms with Gasteiger partial charge in [-0.2, -0.15) is 0 Å². The SMILES string of the molecule is C=C[C@H](Oc1ccccc1C(=O)O)C(C)=O. The van der Waals surface area contributed by atoms with E-state index in [1.54, 1.807) is 12.1 Å². The molecule has 1 aromatic carbocycles. The Bertz CT molecular complexity index is 423. The molecule has 0 amide bonds. The number of carbonyl (C=O) groups excluding carboxylic acids is 1. The summed E-state index contributed by atoms with van der Waals surface area (Å²) in [5, 5.41) is 8.90. The third kappa shape index (κ3) is 2.70. The van der Waals surface area contributed by atoms with Gasteiger partial charge in [-0.15, -0.1) is 0 Å². The molecule has 1 N–H and O–H groups in total. The fourth-order valence-corrected chi connectivity index (χ4v) is 1.18. The van der Waals surface area contributed by atoms with Gasteiger partial charge < -0.3 is 9.84 Å². The molecule has 4 heteroatoms. The van der Waals surface area contributed by atoms with Crippen molar-refractivity contribution in [2.45, 2.75) is 13.0 Å². The van der Waals surface area contributed by atoms with Crippen molar-refractivity contribution in [3.63, 3.8) is 0 Å². The van der Waals surface area contributed by atoms with Crippen molar-refractivity contribution in [2.75, 3.05) is 0 Å². The molecule has 0 aliphatic carbocycles. The quantitative estimate of drug-likeness (QED) is 0.770. The first-order chi connectivity index (χ1) is 7.56. The molecule has 4 nitrogen and oxygen atoms in total. The summed E-state index contributed by atoms with van der Waals surface area (Å²) >= 11 is 0. The van der Waals surface area contributed by atoms with Crippen LogP contribution >= 0.6 is 0 Å². The largest absolute Gasteiger partial charge is 0.478 e. The highest BCUT2D eigenvalue weighted by Gasteiger charge is 2.16. The predicted octanol–water partition coefficient (Wildman–Crippen LogP) is 1.91. The topological polar surface area (TPSA) is 63.6 Å². The third-order valence-electron chi connectivity index (χ3n) is 1.99. The van der Waals surface area contributed by atoms with Crippen LogP contribution in [-0.2, 0) is 4.79 Å². The zero-order valence-electron chi connectivity index (χ0n) is 8.84. The molecular formula is C12H12O4. The third-order valence-corrected chi connectivity index (χ3v) is 1.99. The first-order valence-electron chi connectivity index (χ1n) is 4.68. The van der Waals surface area contributed by atoms with E-state index in [1.165, 1.54) is 25.1 Å². The van der Waals surface area contributed by atoms with E-state index < -0.39 is 12.1 Å². The Morgan fingerprint density at radius 1 is 1.44 bits per heavy atom. The molecule has 0 aromatic heterocycles. The number of carboxylic acid groups (broad SMARTS) is 1. The van der Waals surface area contributed by atoms with Crippen molar-refractivity contribution >= 4 is 11.8 Å². The van der Waals surface area contributed by atoms with Gasteiger partial charge in [-0.25, -0.2) is 4.79 Å². The van der Waals surface area contributed by atoms with Gasteiger partial charge in [-0.3, -0.25) is 4.79 Å². The van der Waals surface area contributed by atoms with Crippen molar-refractivity contribution in [1.29, 1.82) is 0 Å². The fraction of sp³-hybridized carbons (Fsp3) is 0.167. The molecular weight excluding hydrogens is 208 g/mol.